The summed E-state index contributed by atoms with van der Waals surface area (Å²) >= 11 is 1.42. The molecule has 0 bridgehead atoms. The lowest BCUT2D eigenvalue weighted by molar-refractivity contribution is -0.432. The molecule has 5 aromatic rings. The van der Waals surface area contributed by atoms with Crippen LogP contribution < -0.4 is 10.6 Å². The summed E-state index contributed by atoms with van der Waals surface area (Å²) in [5.74, 6) is 0.614. The number of thiophene rings is 1. The molecule has 4 N–H and O–H groups in total. The van der Waals surface area contributed by atoms with Crippen LogP contribution in [0.2, 0.25) is 0 Å². The Kier molecular flexibility index (Phi) is 10.8. The van der Waals surface area contributed by atoms with Crippen molar-refractivity contribution < 1.29 is 27.6 Å². The number of hydrogen-bond acceptors (Lipinski definition) is 16. The van der Waals surface area contributed by atoms with Crippen LogP contribution in [0.1, 0.15) is 16.7 Å². The predicted molar refractivity (Wildman–Crippen MR) is 177 cm³/mol. The quantitative estimate of drug-likeness (QED) is 0.0314. The second kappa shape index (κ2) is 15.3. The van der Waals surface area contributed by atoms with Gasteiger partial charge in [-0.15, -0.1) is 24.8 Å². The molecule has 0 saturated carbocycles. The van der Waals surface area contributed by atoms with Crippen LogP contribution in [-0.4, -0.2) is 23.2 Å². The molecule has 0 aliphatic heterocycles. The molecule has 0 unspecified atom stereocenters. The Morgan fingerprint density at radius 2 is 1.54 bits per heavy atom. The molecule has 15 nitrogen and oxygen atoms in total. The largest absolute Gasteiger partial charge is 0.339 e. The molecule has 48 heavy (non-hydrogen) atoms. The van der Waals surface area contributed by atoms with Gasteiger partial charge in [0.1, 0.15) is 22.8 Å². The summed E-state index contributed by atoms with van der Waals surface area (Å²) in [7, 11) is -4.62. The molecule has 240 valence electrons. The minimum absolute atomic E-state index is 0.00388. The molecule has 2 aromatic heterocycles. The lowest BCUT2D eigenvalue weighted by Crippen LogP contribution is -2.04. The number of aromatic nitrogens is 1. The highest BCUT2D eigenvalue weighted by atomic mass is 32.2. The molecule has 0 aliphatic rings. The van der Waals surface area contributed by atoms with Crippen molar-refractivity contribution in [2.24, 2.45) is 20.5 Å². The van der Waals surface area contributed by atoms with E-state index in [-0.39, 0.29) is 37.4 Å². The molecular formula is C30H21N9O6S3. The second-order valence-electron chi connectivity index (χ2n) is 9.43. The van der Waals surface area contributed by atoms with Crippen molar-refractivity contribution in [1.29, 1.82) is 10.5 Å². The zero-order chi connectivity index (χ0) is 34.1. The number of pyridine rings is 1. The van der Waals surface area contributed by atoms with Crippen molar-refractivity contribution in [3.05, 3.63) is 102 Å². The Balaban J connectivity index is 1.51. The van der Waals surface area contributed by atoms with Gasteiger partial charge in [0.05, 0.1) is 33.8 Å². The van der Waals surface area contributed by atoms with Crippen LogP contribution in [0.15, 0.2) is 115 Å². The van der Waals surface area contributed by atoms with E-state index in [1.807, 2.05) is 66.7 Å². The summed E-state index contributed by atoms with van der Waals surface area (Å²) in [5, 5.41) is 55.4. The molecule has 5 rings (SSSR count). The third-order valence-corrected chi connectivity index (χ3v) is 8.54. The number of nitriles is 2. The SMILES string of the molecule is Cc1c(C#N)c(Nc2ccccc2)nc(Nc2ccccc2)c1/N=N/c1sc(/N=N/c2cc(SOOO)cc(S(=O)(=O)O)c2)cc1C#N. The van der Waals surface area contributed by atoms with Crippen molar-refractivity contribution in [3.8, 4) is 12.1 Å². The smallest absolute Gasteiger partial charge is 0.294 e. The number of rotatable bonds is 12. The van der Waals surface area contributed by atoms with Gasteiger partial charge in [-0.3, -0.25) is 4.55 Å². The molecule has 0 radical (unpaired) electrons. The predicted octanol–water partition coefficient (Wildman–Crippen LogP) is 9.19. The van der Waals surface area contributed by atoms with Crippen molar-refractivity contribution >= 4 is 77.9 Å². The number of nitrogens with zero attached hydrogens (tertiary/aromatic N) is 7. The molecule has 0 fully saturated rings. The minimum atomic E-state index is -4.62. The van der Waals surface area contributed by atoms with Crippen LogP contribution in [0.5, 0.6) is 0 Å². The lowest BCUT2D eigenvalue weighted by Gasteiger charge is -2.15. The standard InChI is InChI=1S/C30H21N9O6S3/c1-18-25(17-32)28(33-20-8-4-2-5-9-20)35-29(34-21-10-6-3-7-11-21)27(18)38-39-30-19(16-31)12-26(46-30)37-36-22-13-23(47-45-44-40)15-24(14-22)48(41,42)43/h2-15,40H,1H3,(H2,33,34,35)(H,41,42,43)/b37-36+,39-38+. The molecule has 0 saturated heterocycles. The highest BCUT2D eigenvalue weighted by molar-refractivity contribution is 7.94. The van der Waals surface area contributed by atoms with Crippen molar-refractivity contribution in [2.75, 3.05) is 10.6 Å². The normalized spacial score (nSPS) is 11.4. The van der Waals surface area contributed by atoms with Crippen molar-refractivity contribution in [2.45, 2.75) is 16.7 Å². The summed E-state index contributed by atoms with van der Waals surface area (Å²) in [5.41, 5.74) is 2.54. The van der Waals surface area contributed by atoms with Gasteiger partial charge in [0.15, 0.2) is 16.6 Å². The van der Waals surface area contributed by atoms with Gasteiger partial charge in [-0.1, -0.05) is 52.8 Å². The van der Waals surface area contributed by atoms with Crippen molar-refractivity contribution in [1.82, 2.24) is 4.98 Å². The van der Waals surface area contributed by atoms with Crippen LogP contribution in [0.25, 0.3) is 0 Å². The van der Waals surface area contributed by atoms with Crippen LogP contribution in [0.4, 0.5) is 44.4 Å². The van der Waals surface area contributed by atoms with E-state index < -0.39 is 15.0 Å². The molecule has 3 aromatic carbocycles. The second-order valence-corrected chi connectivity index (χ2v) is 12.6. The van der Waals surface area contributed by atoms with Crippen LogP contribution in [-0.2, 0) is 19.5 Å². The summed E-state index contributed by atoms with van der Waals surface area (Å²) in [6, 6.07) is 27.6. The zero-order valence-electron chi connectivity index (χ0n) is 24.5. The first-order valence-corrected chi connectivity index (χ1v) is 16.4. The van der Waals surface area contributed by atoms with Gasteiger partial charge < -0.3 is 10.6 Å². The van der Waals surface area contributed by atoms with E-state index in [4.69, 9.17) is 5.26 Å². The van der Waals surface area contributed by atoms with E-state index >= 15 is 0 Å². The molecule has 0 aliphatic carbocycles. The van der Waals surface area contributed by atoms with E-state index in [1.165, 1.54) is 12.1 Å². The maximum atomic E-state index is 11.7. The molecule has 18 heteroatoms. The third-order valence-electron chi connectivity index (χ3n) is 6.25. The topological polar surface area (TPSA) is 227 Å². The lowest BCUT2D eigenvalue weighted by atomic mass is 10.1. The monoisotopic (exact) mass is 699 g/mol. The number of hydrogen-bond donors (Lipinski definition) is 4. The summed E-state index contributed by atoms with van der Waals surface area (Å²) in [6.45, 7) is 1.71. The van der Waals surface area contributed by atoms with Gasteiger partial charge in [-0.2, -0.15) is 18.9 Å². The Hall–Kier alpha value is -5.57. The molecule has 0 amide bonds. The average Bonchev–Trinajstić information content (AvgIpc) is 3.49. The fraction of sp³-hybridized carbons (Fsp3) is 0.0333. The molecule has 0 atom stereocenters. The first-order chi connectivity index (χ1) is 23.2. The number of nitrogens with one attached hydrogen (secondary N) is 2. The minimum Gasteiger partial charge on any atom is -0.339 e. The van der Waals surface area contributed by atoms with Gasteiger partial charge >= 0.3 is 0 Å². The van der Waals surface area contributed by atoms with Crippen LogP contribution in [0, 0.1) is 29.6 Å². The fourth-order valence-electron chi connectivity index (χ4n) is 4.09. The first-order valence-electron chi connectivity index (χ1n) is 13.4. The maximum Gasteiger partial charge on any atom is 0.294 e. The summed E-state index contributed by atoms with van der Waals surface area (Å²) < 4.78 is 37.3. The first kappa shape index (κ1) is 33.8. The highest BCUT2D eigenvalue weighted by Gasteiger charge is 2.19. The zero-order valence-corrected chi connectivity index (χ0v) is 26.9. The van der Waals surface area contributed by atoms with E-state index in [1.54, 1.807) is 6.92 Å². The number of azo groups is 2. The fourth-order valence-corrected chi connectivity index (χ4v) is 5.91. The molecular weight excluding hydrogens is 679 g/mol. The van der Waals surface area contributed by atoms with E-state index in [0.29, 0.717) is 34.9 Å². The maximum absolute atomic E-state index is 11.7. The number of benzene rings is 3. The van der Waals surface area contributed by atoms with Gasteiger partial charge in [0, 0.05) is 21.8 Å². The number of anilines is 4. The third kappa shape index (κ3) is 8.41. The van der Waals surface area contributed by atoms with Gasteiger partial charge in [0.25, 0.3) is 10.1 Å². The summed E-state index contributed by atoms with van der Waals surface area (Å²) in [4.78, 5) is 4.28. The summed E-state index contributed by atoms with van der Waals surface area (Å²) in [6.07, 6.45) is 0. The van der Waals surface area contributed by atoms with Gasteiger partial charge in [0.2, 0.25) is 0 Å². The number of para-hydroxylation sites is 2. The van der Waals surface area contributed by atoms with E-state index in [0.717, 1.165) is 29.2 Å². The van der Waals surface area contributed by atoms with Crippen LogP contribution >= 0.6 is 23.4 Å². The molecule has 0 spiro atoms. The Labute approximate surface area is 281 Å². The van der Waals surface area contributed by atoms with E-state index in [9.17, 15) is 23.5 Å². The van der Waals surface area contributed by atoms with Gasteiger partial charge in [-0.05, 0) is 55.5 Å². The average molecular weight is 700 g/mol. The molecule has 2 heterocycles. The van der Waals surface area contributed by atoms with Crippen LogP contribution in [0.3, 0.4) is 0 Å². The Morgan fingerprint density at radius 3 is 2.15 bits per heavy atom. The Bertz CT molecular complexity index is 2200. The van der Waals surface area contributed by atoms with Crippen molar-refractivity contribution in [3.63, 3.8) is 0 Å². The van der Waals surface area contributed by atoms with Gasteiger partial charge in [-0.25, -0.2) is 10.2 Å². The highest BCUT2D eigenvalue weighted by Crippen LogP contribution is 2.41. The Morgan fingerprint density at radius 1 is 0.875 bits per heavy atom. The van der Waals surface area contributed by atoms with E-state index in [2.05, 4.69) is 51.5 Å².